The van der Waals surface area contributed by atoms with E-state index in [9.17, 15) is 22.8 Å². The van der Waals surface area contributed by atoms with Crippen LogP contribution in [0.25, 0.3) is 11.3 Å². The largest absolute Gasteiger partial charge is 0.418 e. The number of aromatic amines is 1. The molecule has 0 fully saturated rings. The molecule has 0 aliphatic heterocycles. The van der Waals surface area contributed by atoms with Crippen LogP contribution >= 0.6 is 11.8 Å². The molecule has 2 N–H and O–H groups in total. The fourth-order valence-corrected chi connectivity index (χ4v) is 3.20. The first-order chi connectivity index (χ1) is 13.8. The Balaban J connectivity index is 1.73. The van der Waals surface area contributed by atoms with Gasteiger partial charge in [-0.3, -0.25) is 14.6 Å². The SMILES string of the molecule is CC(Sc1nnc(-c2ccccc2)c(=O)[nH]1)C(=O)Nc1ccccc1C(F)(F)F. The van der Waals surface area contributed by atoms with Crippen molar-refractivity contribution in [3.05, 3.63) is 70.5 Å². The molecule has 29 heavy (non-hydrogen) atoms. The van der Waals surface area contributed by atoms with E-state index in [1.54, 1.807) is 30.3 Å². The van der Waals surface area contributed by atoms with E-state index in [1.165, 1.54) is 25.1 Å². The Kier molecular flexibility index (Phi) is 6.02. The number of thioether (sulfide) groups is 1. The zero-order valence-electron chi connectivity index (χ0n) is 15.0. The molecule has 3 aromatic rings. The van der Waals surface area contributed by atoms with E-state index in [0.717, 1.165) is 17.8 Å². The van der Waals surface area contributed by atoms with Crippen molar-refractivity contribution < 1.29 is 18.0 Å². The van der Waals surface area contributed by atoms with Crippen LogP contribution in [-0.2, 0) is 11.0 Å². The van der Waals surface area contributed by atoms with Gasteiger partial charge in [0, 0.05) is 5.56 Å². The third kappa shape index (κ3) is 5.02. The molecule has 6 nitrogen and oxygen atoms in total. The molecule has 0 aliphatic rings. The summed E-state index contributed by atoms with van der Waals surface area (Å²) in [5.74, 6) is -0.665. The number of carbonyl (C=O) groups is 1. The number of rotatable bonds is 5. The second kappa shape index (κ2) is 8.48. The number of para-hydroxylation sites is 1. The summed E-state index contributed by atoms with van der Waals surface area (Å²) in [6.07, 6.45) is -4.59. The van der Waals surface area contributed by atoms with E-state index in [4.69, 9.17) is 0 Å². The first-order valence-electron chi connectivity index (χ1n) is 8.42. The van der Waals surface area contributed by atoms with E-state index in [-0.39, 0.29) is 16.5 Å². The van der Waals surface area contributed by atoms with Crippen LogP contribution in [0.15, 0.2) is 64.5 Å². The van der Waals surface area contributed by atoms with Gasteiger partial charge < -0.3 is 5.32 Å². The van der Waals surface area contributed by atoms with Crippen molar-refractivity contribution >= 4 is 23.4 Å². The monoisotopic (exact) mass is 420 g/mol. The lowest BCUT2D eigenvalue weighted by Gasteiger charge is -2.15. The van der Waals surface area contributed by atoms with Crippen LogP contribution in [0.2, 0.25) is 0 Å². The van der Waals surface area contributed by atoms with Crippen LogP contribution < -0.4 is 10.9 Å². The maximum absolute atomic E-state index is 13.1. The molecule has 1 amide bonds. The van der Waals surface area contributed by atoms with Gasteiger partial charge in [-0.1, -0.05) is 54.2 Å². The first-order valence-corrected chi connectivity index (χ1v) is 9.30. The normalized spacial score (nSPS) is 12.4. The highest BCUT2D eigenvalue weighted by Crippen LogP contribution is 2.35. The van der Waals surface area contributed by atoms with Gasteiger partial charge in [-0.05, 0) is 19.1 Å². The Morgan fingerprint density at radius 3 is 2.38 bits per heavy atom. The van der Waals surface area contributed by atoms with Gasteiger partial charge in [0.25, 0.3) is 5.56 Å². The lowest BCUT2D eigenvalue weighted by molar-refractivity contribution is -0.137. The number of hydrogen-bond donors (Lipinski definition) is 2. The average molecular weight is 420 g/mol. The molecule has 0 aliphatic carbocycles. The van der Waals surface area contributed by atoms with Crippen molar-refractivity contribution in [1.29, 1.82) is 0 Å². The van der Waals surface area contributed by atoms with Gasteiger partial charge in [0.05, 0.1) is 16.5 Å². The van der Waals surface area contributed by atoms with Crippen LogP contribution in [-0.4, -0.2) is 26.3 Å². The predicted molar refractivity (Wildman–Crippen MR) is 103 cm³/mol. The summed E-state index contributed by atoms with van der Waals surface area (Å²) in [7, 11) is 0. The second-order valence-electron chi connectivity index (χ2n) is 5.97. The number of benzene rings is 2. The van der Waals surface area contributed by atoms with E-state index in [1.807, 2.05) is 0 Å². The number of nitrogens with zero attached hydrogens (tertiary/aromatic N) is 2. The van der Waals surface area contributed by atoms with Crippen molar-refractivity contribution in [3.63, 3.8) is 0 Å². The third-order valence-electron chi connectivity index (χ3n) is 3.87. The van der Waals surface area contributed by atoms with E-state index in [0.29, 0.717) is 5.56 Å². The molecule has 150 valence electrons. The van der Waals surface area contributed by atoms with Crippen molar-refractivity contribution in [1.82, 2.24) is 15.2 Å². The minimum Gasteiger partial charge on any atom is -0.325 e. The molecular formula is C19H15F3N4O2S. The van der Waals surface area contributed by atoms with E-state index < -0.39 is 28.5 Å². The Morgan fingerprint density at radius 1 is 1.07 bits per heavy atom. The summed E-state index contributed by atoms with van der Waals surface area (Å²) < 4.78 is 39.2. The fraction of sp³-hybridized carbons (Fsp3) is 0.158. The summed E-state index contributed by atoms with van der Waals surface area (Å²) in [6, 6.07) is 13.4. The van der Waals surface area contributed by atoms with Gasteiger partial charge in [-0.2, -0.15) is 13.2 Å². The van der Waals surface area contributed by atoms with Crippen LogP contribution in [0.4, 0.5) is 18.9 Å². The smallest absolute Gasteiger partial charge is 0.325 e. The molecule has 0 spiro atoms. The number of H-pyrrole nitrogens is 1. The summed E-state index contributed by atoms with van der Waals surface area (Å²) in [5, 5.41) is 9.32. The van der Waals surface area contributed by atoms with Gasteiger partial charge in [0.2, 0.25) is 5.91 Å². The summed E-state index contributed by atoms with van der Waals surface area (Å²) in [6.45, 7) is 1.49. The maximum atomic E-state index is 13.1. The molecule has 0 saturated carbocycles. The third-order valence-corrected chi connectivity index (χ3v) is 4.85. The number of halogens is 3. The quantitative estimate of drug-likeness (QED) is 0.610. The number of carbonyl (C=O) groups excluding carboxylic acids is 1. The minimum absolute atomic E-state index is 0.0847. The number of hydrogen-bond acceptors (Lipinski definition) is 5. The molecule has 3 rings (SSSR count). The fourth-order valence-electron chi connectivity index (χ4n) is 2.45. The molecule has 1 aromatic heterocycles. The van der Waals surface area contributed by atoms with Gasteiger partial charge in [0.1, 0.15) is 0 Å². The van der Waals surface area contributed by atoms with E-state index >= 15 is 0 Å². The molecule has 1 unspecified atom stereocenters. The number of nitrogens with one attached hydrogen (secondary N) is 2. The zero-order valence-corrected chi connectivity index (χ0v) is 15.8. The molecule has 1 heterocycles. The van der Waals surface area contributed by atoms with Crippen molar-refractivity contribution in [2.45, 2.75) is 23.5 Å². The van der Waals surface area contributed by atoms with Gasteiger partial charge in [-0.25, -0.2) is 0 Å². The van der Waals surface area contributed by atoms with Crippen molar-refractivity contribution in [2.75, 3.05) is 5.32 Å². The van der Waals surface area contributed by atoms with Crippen molar-refractivity contribution in [3.8, 4) is 11.3 Å². The van der Waals surface area contributed by atoms with Gasteiger partial charge >= 0.3 is 6.18 Å². The zero-order chi connectivity index (χ0) is 21.0. The Morgan fingerprint density at radius 2 is 1.72 bits per heavy atom. The summed E-state index contributed by atoms with van der Waals surface area (Å²) in [5.41, 5.74) is -1.04. The maximum Gasteiger partial charge on any atom is 0.418 e. The predicted octanol–water partition coefficient (Wildman–Crippen LogP) is 3.97. The van der Waals surface area contributed by atoms with E-state index in [2.05, 4.69) is 20.5 Å². The highest BCUT2D eigenvalue weighted by molar-refractivity contribution is 8.00. The van der Waals surface area contributed by atoms with Crippen molar-refractivity contribution in [2.24, 2.45) is 0 Å². The Hall–Kier alpha value is -3.14. The lowest BCUT2D eigenvalue weighted by atomic mass is 10.1. The highest BCUT2D eigenvalue weighted by atomic mass is 32.2. The standard InChI is InChI=1S/C19H15F3N4O2S/c1-11(16(27)23-14-10-6-5-9-13(14)19(20,21)22)29-18-24-17(28)15(25-26-18)12-7-3-2-4-8-12/h2-11H,1H3,(H,23,27)(H,24,26,28). The Labute approximate surface area is 167 Å². The van der Waals surface area contributed by atoms with Gasteiger partial charge in [0.15, 0.2) is 10.9 Å². The van der Waals surface area contributed by atoms with Crippen LogP contribution in [0, 0.1) is 0 Å². The number of anilines is 1. The summed E-state index contributed by atoms with van der Waals surface area (Å²) >= 11 is 0.880. The molecule has 2 aromatic carbocycles. The molecule has 10 heteroatoms. The second-order valence-corrected chi connectivity index (χ2v) is 7.30. The number of amides is 1. The highest BCUT2D eigenvalue weighted by Gasteiger charge is 2.34. The van der Waals surface area contributed by atoms with Crippen LogP contribution in [0.3, 0.4) is 0 Å². The summed E-state index contributed by atoms with van der Waals surface area (Å²) in [4.78, 5) is 27.1. The Bertz CT molecular complexity index is 1070. The minimum atomic E-state index is -4.59. The number of alkyl halides is 3. The lowest BCUT2D eigenvalue weighted by Crippen LogP contribution is -2.25. The van der Waals surface area contributed by atoms with Crippen LogP contribution in [0.1, 0.15) is 12.5 Å². The molecule has 0 bridgehead atoms. The topological polar surface area (TPSA) is 87.7 Å². The molecule has 1 atom stereocenters. The average Bonchev–Trinajstić information content (AvgIpc) is 2.68. The molecule has 0 radical (unpaired) electrons. The van der Waals surface area contributed by atoms with Crippen LogP contribution in [0.5, 0.6) is 0 Å². The molecule has 0 saturated heterocycles. The first kappa shape index (κ1) is 20.6. The molecular weight excluding hydrogens is 405 g/mol. The number of aromatic nitrogens is 3. The van der Waals surface area contributed by atoms with Gasteiger partial charge in [-0.15, -0.1) is 10.2 Å².